The van der Waals surface area contributed by atoms with E-state index in [2.05, 4.69) is 16.5 Å². The summed E-state index contributed by atoms with van der Waals surface area (Å²) in [5.74, 6) is 0.474. The molecule has 10 nitrogen and oxygen atoms in total. The first-order chi connectivity index (χ1) is 20.2. The summed E-state index contributed by atoms with van der Waals surface area (Å²) in [4.78, 5) is 43.2. The summed E-state index contributed by atoms with van der Waals surface area (Å²) in [7, 11) is 3.55. The minimum Gasteiger partial charge on any atom is -0.497 e. The molecule has 2 aliphatic heterocycles. The first-order valence-corrected chi connectivity index (χ1v) is 14.9. The van der Waals surface area contributed by atoms with Crippen LogP contribution in [-0.2, 0) is 34.4 Å². The van der Waals surface area contributed by atoms with Crippen molar-refractivity contribution in [2.75, 3.05) is 26.7 Å². The largest absolute Gasteiger partial charge is 0.497 e. The van der Waals surface area contributed by atoms with E-state index in [0.717, 1.165) is 65.8 Å². The van der Waals surface area contributed by atoms with Gasteiger partial charge in [-0.05, 0) is 80.3 Å². The lowest BCUT2D eigenvalue weighted by Crippen LogP contribution is -2.51. The van der Waals surface area contributed by atoms with Gasteiger partial charge in [0.25, 0.3) is 0 Å². The van der Waals surface area contributed by atoms with Crippen LogP contribution >= 0.6 is 0 Å². The molecule has 2 aromatic carbocycles. The molecule has 3 N–H and O–H groups in total. The molecule has 2 aliphatic rings. The van der Waals surface area contributed by atoms with Gasteiger partial charge >= 0.3 is 0 Å². The van der Waals surface area contributed by atoms with Crippen LogP contribution in [0.4, 0.5) is 0 Å². The van der Waals surface area contributed by atoms with Crippen molar-refractivity contribution in [1.82, 2.24) is 24.9 Å². The number of methoxy groups -OCH3 is 1. The van der Waals surface area contributed by atoms with E-state index < -0.39 is 12.1 Å². The molecule has 3 atom stereocenters. The number of carbonyl (C=O) groups is 3. The smallest absolute Gasteiger partial charge is 0.243 e. The topological polar surface area (TPSA) is 123 Å². The number of nitrogens with one attached hydrogen (secondary N) is 1. The van der Waals surface area contributed by atoms with Crippen molar-refractivity contribution in [3.05, 3.63) is 59.3 Å². The Balaban J connectivity index is 1.26. The van der Waals surface area contributed by atoms with Crippen LogP contribution < -0.4 is 15.8 Å². The zero-order valence-corrected chi connectivity index (χ0v) is 24.8. The maximum absolute atomic E-state index is 13.6. The Bertz CT molecular complexity index is 1430. The average Bonchev–Trinajstić information content (AvgIpc) is 3.74. The molecule has 0 saturated carbocycles. The Morgan fingerprint density at radius 3 is 2.52 bits per heavy atom. The van der Waals surface area contributed by atoms with Crippen molar-refractivity contribution < 1.29 is 19.1 Å². The number of nitrogens with zero attached hydrogens (tertiary/aromatic N) is 4. The number of rotatable bonds is 10. The molecule has 1 aromatic heterocycles. The number of hydrogen-bond acceptors (Lipinski definition) is 6. The van der Waals surface area contributed by atoms with Crippen LogP contribution in [0.5, 0.6) is 5.75 Å². The summed E-state index contributed by atoms with van der Waals surface area (Å²) in [6.07, 6.45) is 3.83. The molecule has 0 spiro atoms. The predicted molar refractivity (Wildman–Crippen MR) is 161 cm³/mol. The summed E-state index contributed by atoms with van der Waals surface area (Å²) in [5.41, 5.74) is 10.4. The van der Waals surface area contributed by atoms with Crippen molar-refractivity contribution in [1.29, 1.82) is 0 Å². The number of nitrogens with two attached hydrogens (primary N) is 1. The monoisotopic (exact) mass is 574 g/mol. The Morgan fingerprint density at radius 2 is 1.81 bits per heavy atom. The Labute approximate surface area is 247 Å². The van der Waals surface area contributed by atoms with E-state index >= 15 is 0 Å². The predicted octanol–water partition coefficient (Wildman–Crippen LogP) is 2.70. The number of ether oxygens (including phenoxy) is 1. The number of carbonyl (C=O) groups excluding carboxylic acids is 3. The van der Waals surface area contributed by atoms with Gasteiger partial charge in [-0.2, -0.15) is 5.10 Å². The van der Waals surface area contributed by atoms with Gasteiger partial charge in [0, 0.05) is 45.0 Å². The number of aryl methyl sites for hydroxylation is 2. The van der Waals surface area contributed by atoms with E-state index in [1.165, 1.54) is 0 Å². The summed E-state index contributed by atoms with van der Waals surface area (Å²) < 4.78 is 7.13. The Morgan fingerprint density at radius 1 is 1.10 bits per heavy atom. The van der Waals surface area contributed by atoms with Crippen molar-refractivity contribution in [3.8, 4) is 5.75 Å². The molecule has 2 saturated heterocycles. The summed E-state index contributed by atoms with van der Waals surface area (Å²) in [6.45, 7) is 4.31. The van der Waals surface area contributed by atoms with E-state index in [-0.39, 0.29) is 36.5 Å². The van der Waals surface area contributed by atoms with Gasteiger partial charge in [0.1, 0.15) is 11.8 Å². The van der Waals surface area contributed by atoms with Crippen LogP contribution in [0.25, 0.3) is 10.9 Å². The molecule has 3 heterocycles. The molecular weight excluding hydrogens is 532 g/mol. The Kier molecular flexibility index (Phi) is 9.11. The van der Waals surface area contributed by atoms with Gasteiger partial charge in [0.05, 0.1) is 24.4 Å². The highest BCUT2D eigenvalue weighted by molar-refractivity contribution is 5.91. The maximum atomic E-state index is 13.6. The molecule has 0 bridgehead atoms. The fourth-order valence-electron chi connectivity index (χ4n) is 6.30. The molecule has 0 unspecified atom stereocenters. The zero-order valence-electron chi connectivity index (χ0n) is 24.8. The second kappa shape index (κ2) is 12.9. The van der Waals surface area contributed by atoms with Crippen LogP contribution in [0.1, 0.15) is 48.9 Å². The van der Waals surface area contributed by atoms with Crippen molar-refractivity contribution >= 4 is 28.6 Å². The summed E-state index contributed by atoms with van der Waals surface area (Å²) in [5, 5.41) is 8.59. The molecule has 42 heavy (non-hydrogen) atoms. The molecule has 5 rings (SSSR count). The number of aromatic nitrogens is 2. The zero-order chi connectivity index (χ0) is 29.8. The fraction of sp³-hybridized carbons (Fsp3) is 0.500. The minimum atomic E-state index is -0.831. The second-order valence-electron chi connectivity index (χ2n) is 11.7. The fourth-order valence-corrected chi connectivity index (χ4v) is 6.30. The summed E-state index contributed by atoms with van der Waals surface area (Å²) >= 11 is 0. The lowest BCUT2D eigenvalue weighted by atomic mass is 9.96. The van der Waals surface area contributed by atoms with Crippen LogP contribution in [0, 0.1) is 12.8 Å². The SMILES string of the molecule is COc1ccc(C[C@@H]2C[C@@H](C(=O)NCc3ccc4c(c3)c(C)nn4C)N(C(=O)[C@H](N)CCC(=O)N3CCCC3)C2)cc1. The second-order valence-corrected chi connectivity index (χ2v) is 11.7. The van der Waals surface area contributed by atoms with Gasteiger partial charge < -0.3 is 25.6 Å². The van der Waals surface area contributed by atoms with E-state index in [9.17, 15) is 14.4 Å². The van der Waals surface area contributed by atoms with E-state index in [1.54, 1.807) is 12.0 Å². The quantitative estimate of drug-likeness (QED) is 0.384. The third kappa shape index (κ3) is 6.59. The normalized spacial score (nSPS) is 19.3. The third-order valence-corrected chi connectivity index (χ3v) is 8.67. The molecular formula is C32H42N6O4. The number of fused-ring (bicyclic) bond motifs is 1. The molecule has 0 aliphatic carbocycles. The van der Waals surface area contributed by atoms with Gasteiger partial charge in [-0.3, -0.25) is 19.1 Å². The van der Waals surface area contributed by atoms with Gasteiger partial charge in [0.15, 0.2) is 0 Å². The summed E-state index contributed by atoms with van der Waals surface area (Å²) in [6, 6.07) is 12.5. The molecule has 224 valence electrons. The van der Waals surface area contributed by atoms with Crippen molar-refractivity contribution in [3.63, 3.8) is 0 Å². The highest BCUT2D eigenvalue weighted by Gasteiger charge is 2.41. The van der Waals surface area contributed by atoms with Crippen LogP contribution in [0.2, 0.25) is 0 Å². The van der Waals surface area contributed by atoms with Crippen molar-refractivity contribution in [2.45, 2.75) is 64.1 Å². The number of benzene rings is 2. The standard InChI is InChI=1S/C32H42N6O4/c1-21-26-17-23(8-12-28(26)36(2)35-21)19-34-31(40)29-18-24(16-22-6-9-25(42-3)10-7-22)20-38(29)32(41)27(33)11-13-30(39)37-14-4-5-15-37/h6-10,12,17,24,27,29H,4-5,11,13-16,18-20,33H2,1-3H3,(H,34,40)/t24-,27-,29+/m1/s1. The van der Waals surface area contributed by atoms with E-state index in [0.29, 0.717) is 19.5 Å². The van der Waals surface area contributed by atoms with Gasteiger partial charge in [0.2, 0.25) is 17.7 Å². The van der Waals surface area contributed by atoms with Crippen molar-refractivity contribution in [2.24, 2.45) is 18.7 Å². The highest BCUT2D eigenvalue weighted by Crippen LogP contribution is 2.29. The number of hydrogen-bond donors (Lipinski definition) is 2. The number of amides is 3. The Hall–Kier alpha value is -3.92. The van der Waals surface area contributed by atoms with Crippen LogP contribution in [-0.4, -0.2) is 76.1 Å². The maximum Gasteiger partial charge on any atom is 0.243 e. The first-order valence-electron chi connectivity index (χ1n) is 14.9. The highest BCUT2D eigenvalue weighted by atomic mass is 16.5. The molecule has 0 radical (unpaired) electrons. The van der Waals surface area contributed by atoms with Crippen LogP contribution in [0.3, 0.4) is 0 Å². The molecule has 10 heteroatoms. The van der Waals surface area contributed by atoms with E-state index in [4.69, 9.17) is 10.5 Å². The third-order valence-electron chi connectivity index (χ3n) is 8.67. The first kappa shape index (κ1) is 29.6. The lowest BCUT2D eigenvalue weighted by molar-refractivity contribution is -0.140. The van der Waals surface area contributed by atoms with Gasteiger partial charge in [-0.1, -0.05) is 18.2 Å². The van der Waals surface area contributed by atoms with E-state index in [1.807, 2.05) is 60.0 Å². The van der Waals surface area contributed by atoms with Gasteiger partial charge in [-0.15, -0.1) is 0 Å². The average molecular weight is 575 g/mol. The lowest BCUT2D eigenvalue weighted by Gasteiger charge is -2.27. The van der Waals surface area contributed by atoms with Gasteiger partial charge in [-0.25, -0.2) is 0 Å². The molecule has 2 fully saturated rings. The molecule has 3 aromatic rings. The number of likely N-dealkylation sites (tertiary alicyclic amines) is 2. The molecule has 3 amide bonds. The minimum absolute atomic E-state index is 0.0460. The van der Waals surface area contributed by atoms with Crippen LogP contribution in [0.15, 0.2) is 42.5 Å².